The number of fused-ring (bicyclic) bond motifs is 1. The first kappa shape index (κ1) is 13.1. The molecule has 102 valence electrons. The summed E-state index contributed by atoms with van der Waals surface area (Å²) < 4.78 is 11.4. The minimum Gasteiger partial charge on any atom is -0.353 e. The van der Waals surface area contributed by atoms with Crippen molar-refractivity contribution in [2.75, 3.05) is 6.61 Å². The van der Waals surface area contributed by atoms with Crippen molar-refractivity contribution in [1.82, 2.24) is 0 Å². The summed E-state index contributed by atoms with van der Waals surface area (Å²) in [6.07, 6.45) is 2.20. The summed E-state index contributed by atoms with van der Waals surface area (Å²) in [5.74, 6) is 0. The fourth-order valence-corrected chi connectivity index (χ4v) is 2.62. The van der Waals surface area contributed by atoms with E-state index in [0.717, 1.165) is 42.2 Å². The van der Waals surface area contributed by atoms with E-state index in [0.29, 0.717) is 0 Å². The van der Waals surface area contributed by atoms with Gasteiger partial charge in [0.1, 0.15) is 0 Å². The van der Waals surface area contributed by atoms with Crippen molar-refractivity contribution < 1.29 is 9.47 Å². The number of nitriles is 1. The molecule has 2 aromatic carbocycles. The first-order valence-corrected chi connectivity index (χ1v) is 7.03. The minimum atomic E-state index is -0.579. The number of nitrogens with zero attached hydrogens (tertiary/aromatic N) is 1. The van der Waals surface area contributed by atoms with Gasteiger partial charge < -0.3 is 9.47 Å². The Morgan fingerprint density at radius 3 is 2.80 bits per heavy atom. The Morgan fingerprint density at radius 1 is 1.15 bits per heavy atom. The van der Waals surface area contributed by atoms with Crippen LogP contribution in [0.25, 0.3) is 10.8 Å². The number of benzene rings is 2. The second-order valence-electron chi connectivity index (χ2n) is 5.01. The van der Waals surface area contributed by atoms with E-state index in [1.807, 2.05) is 42.5 Å². The van der Waals surface area contributed by atoms with Crippen LogP contribution in [0.3, 0.4) is 0 Å². The van der Waals surface area contributed by atoms with Gasteiger partial charge in [0.05, 0.1) is 6.07 Å². The van der Waals surface area contributed by atoms with Gasteiger partial charge in [-0.25, -0.2) is 0 Å². The number of hydrogen-bond donors (Lipinski definition) is 0. The molecule has 3 rings (SSSR count). The molecule has 20 heavy (non-hydrogen) atoms. The number of hydrogen-bond acceptors (Lipinski definition) is 3. The molecule has 0 bridgehead atoms. The second kappa shape index (κ2) is 6.04. The van der Waals surface area contributed by atoms with Gasteiger partial charge in [-0.2, -0.15) is 5.26 Å². The van der Waals surface area contributed by atoms with E-state index in [4.69, 9.17) is 9.47 Å². The van der Waals surface area contributed by atoms with Crippen molar-refractivity contribution in [3.8, 4) is 6.07 Å². The molecule has 2 atom stereocenters. The molecule has 0 N–H and O–H groups in total. The topological polar surface area (TPSA) is 42.2 Å². The average molecular weight is 267 g/mol. The monoisotopic (exact) mass is 267 g/mol. The molecule has 2 aromatic rings. The van der Waals surface area contributed by atoms with Crippen molar-refractivity contribution in [2.24, 2.45) is 0 Å². The highest BCUT2D eigenvalue weighted by molar-refractivity contribution is 5.86. The molecule has 3 nitrogen and oxygen atoms in total. The molecule has 0 radical (unpaired) electrons. The summed E-state index contributed by atoms with van der Waals surface area (Å²) in [6.45, 7) is 0.721. The summed E-state index contributed by atoms with van der Waals surface area (Å²) >= 11 is 0. The van der Waals surface area contributed by atoms with E-state index < -0.39 is 6.10 Å². The van der Waals surface area contributed by atoms with Gasteiger partial charge in [0.2, 0.25) is 0 Å². The van der Waals surface area contributed by atoms with Crippen LogP contribution < -0.4 is 0 Å². The van der Waals surface area contributed by atoms with Crippen molar-refractivity contribution >= 4 is 10.8 Å². The fraction of sp³-hybridized carbons (Fsp3) is 0.353. The van der Waals surface area contributed by atoms with Crippen molar-refractivity contribution in [2.45, 2.75) is 31.7 Å². The molecule has 1 fully saturated rings. The van der Waals surface area contributed by atoms with E-state index in [1.54, 1.807) is 0 Å². The van der Waals surface area contributed by atoms with Crippen molar-refractivity contribution in [3.05, 3.63) is 48.0 Å². The predicted octanol–water partition coefficient (Wildman–Crippen LogP) is 3.95. The molecule has 3 heteroatoms. The highest BCUT2D eigenvalue weighted by atomic mass is 16.7. The molecule has 0 aliphatic carbocycles. The molecule has 1 aliphatic heterocycles. The SMILES string of the molecule is N#CC(OC1CCCCO1)c1cccc2ccccc12. The van der Waals surface area contributed by atoms with Crippen LogP contribution in [0.15, 0.2) is 42.5 Å². The standard InChI is InChI=1S/C17H17NO2/c18-12-16(20-17-10-3-4-11-19-17)15-9-5-7-13-6-1-2-8-14(13)15/h1-2,5-9,16-17H,3-4,10-11H2. The van der Waals surface area contributed by atoms with E-state index in [1.165, 1.54) is 0 Å². The molecule has 1 saturated heterocycles. The first-order valence-electron chi connectivity index (χ1n) is 7.03. The first-order chi connectivity index (χ1) is 9.88. The Labute approximate surface area is 118 Å². The van der Waals surface area contributed by atoms with Gasteiger partial charge in [-0.3, -0.25) is 0 Å². The lowest BCUT2D eigenvalue weighted by molar-refractivity contribution is -0.178. The highest BCUT2D eigenvalue weighted by Gasteiger charge is 2.22. The van der Waals surface area contributed by atoms with Gasteiger partial charge in [0.15, 0.2) is 12.4 Å². The Balaban J connectivity index is 1.89. The highest BCUT2D eigenvalue weighted by Crippen LogP contribution is 2.29. The largest absolute Gasteiger partial charge is 0.353 e. The number of rotatable bonds is 3. The van der Waals surface area contributed by atoms with Gasteiger partial charge in [0, 0.05) is 12.2 Å². The lowest BCUT2D eigenvalue weighted by Crippen LogP contribution is -2.24. The van der Waals surface area contributed by atoms with Gasteiger partial charge in [-0.15, -0.1) is 0 Å². The summed E-state index contributed by atoms with van der Waals surface area (Å²) in [7, 11) is 0. The molecule has 0 amide bonds. The van der Waals surface area contributed by atoms with Gasteiger partial charge >= 0.3 is 0 Å². The predicted molar refractivity (Wildman–Crippen MR) is 77.0 cm³/mol. The fourth-order valence-electron chi connectivity index (χ4n) is 2.62. The minimum absolute atomic E-state index is 0.257. The molecular weight excluding hydrogens is 250 g/mol. The van der Waals surface area contributed by atoms with Crippen LogP contribution in [0, 0.1) is 11.3 Å². The van der Waals surface area contributed by atoms with Crippen LogP contribution in [-0.4, -0.2) is 12.9 Å². The van der Waals surface area contributed by atoms with E-state index in [2.05, 4.69) is 6.07 Å². The maximum atomic E-state index is 9.44. The maximum absolute atomic E-state index is 9.44. The third-order valence-electron chi connectivity index (χ3n) is 3.65. The van der Waals surface area contributed by atoms with Crippen molar-refractivity contribution in [3.63, 3.8) is 0 Å². The summed E-state index contributed by atoms with van der Waals surface area (Å²) in [6, 6.07) is 16.3. The Bertz CT molecular complexity index is 621. The van der Waals surface area contributed by atoms with Crippen molar-refractivity contribution in [1.29, 1.82) is 5.26 Å². The summed E-state index contributed by atoms with van der Waals surface area (Å²) in [4.78, 5) is 0. The van der Waals surface area contributed by atoms with Gasteiger partial charge in [-0.1, -0.05) is 42.5 Å². The lowest BCUT2D eigenvalue weighted by Gasteiger charge is -2.25. The Morgan fingerprint density at radius 2 is 2.00 bits per heavy atom. The van der Waals surface area contributed by atoms with Crippen LogP contribution in [0.1, 0.15) is 30.9 Å². The molecule has 1 heterocycles. The Kier molecular flexibility index (Phi) is 3.96. The smallest absolute Gasteiger partial charge is 0.172 e. The van der Waals surface area contributed by atoms with Crippen LogP contribution >= 0.6 is 0 Å². The lowest BCUT2D eigenvalue weighted by atomic mass is 10.0. The molecule has 0 aromatic heterocycles. The maximum Gasteiger partial charge on any atom is 0.172 e. The molecule has 2 unspecified atom stereocenters. The van der Waals surface area contributed by atoms with Crippen LogP contribution in [-0.2, 0) is 9.47 Å². The third-order valence-corrected chi connectivity index (χ3v) is 3.65. The molecule has 1 aliphatic rings. The molecule has 0 spiro atoms. The summed E-state index contributed by atoms with van der Waals surface area (Å²) in [5.41, 5.74) is 0.916. The Hall–Kier alpha value is -1.89. The average Bonchev–Trinajstić information content (AvgIpc) is 2.53. The zero-order valence-electron chi connectivity index (χ0n) is 11.3. The van der Waals surface area contributed by atoms with E-state index >= 15 is 0 Å². The van der Waals surface area contributed by atoms with Crippen LogP contribution in [0.2, 0.25) is 0 Å². The number of ether oxygens (including phenoxy) is 2. The third kappa shape index (κ3) is 2.67. The summed E-state index contributed by atoms with van der Waals surface area (Å²) in [5, 5.41) is 11.6. The van der Waals surface area contributed by atoms with Crippen LogP contribution in [0.5, 0.6) is 0 Å². The zero-order valence-corrected chi connectivity index (χ0v) is 11.3. The quantitative estimate of drug-likeness (QED) is 0.845. The van der Waals surface area contributed by atoms with Gasteiger partial charge in [-0.05, 0) is 30.0 Å². The van der Waals surface area contributed by atoms with E-state index in [-0.39, 0.29) is 6.29 Å². The van der Waals surface area contributed by atoms with Gasteiger partial charge in [0.25, 0.3) is 0 Å². The molecular formula is C17H17NO2. The normalized spacial score (nSPS) is 20.4. The second-order valence-corrected chi connectivity index (χ2v) is 5.01. The van der Waals surface area contributed by atoms with E-state index in [9.17, 15) is 5.26 Å². The molecule has 0 saturated carbocycles. The zero-order chi connectivity index (χ0) is 13.8. The van der Waals surface area contributed by atoms with Crippen LogP contribution in [0.4, 0.5) is 0 Å².